The van der Waals surface area contributed by atoms with E-state index in [0.29, 0.717) is 4.90 Å². The fourth-order valence-electron chi connectivity index (χ4n) is 3.96. The van der Waals surface area contributed by atoms with Gasteiger partial charge in [-0.3, -0.25) is 15.6 Å². The Morgan fingerprint density at radius 1 is 1.20 bits per heavy atom. The van der Waals surface area contributed by atoms with Crippen LogP contribution in [-0.4, -0.2) is 58.4 Å². The predicted octanol–water partition coefficient (Wildman–Crippen LogP) is 4.92. The SMILES string of the molecule is N=C(OC(=N)C(F)F)c1cc(F)c2c(c1)C(=O)N(C[C@@H]1CC(F)(F)CN1Sc1cccc(F)c1)C2. The number of nitrogens with zero attached hydrogens (tertiary/aromatic N) is 2. The number of ether oxygens (including phenoxy) is 1. The number of rotatable bonds is 6. The first-order valence-electron chi connectivity index (χ1n) is 10.3. The first-order chi connectivity index (χ1) is 16.4. The van der Waals surface area contributed by atoms with Crippen molar-refractivity contribution in [1.29, 1.82) is 10.8 Å². The van der Waals surface area contributed by atoms with Crippen LogP contribution in [0.2, 0.25) is 0 Å². The van der Waals surface area contributed by atoms with E-state index in [-0.39, 0.29) is 29.8 Å². The molecule has 1 atom stereocenters. The molecule has 186 valence electrons. The molecule has 2 aromatic rings. The van der Waals surface area contributed by atoms with Gasteiger partial charge in [-0.2, -0.15) is 8.78 Å². The molecule has 0 radical (unpaired) electrons. The van der Waals surface area contributed by atoms with Gasteiger partial charge in [0.1, 0.15) is 11.6 Å². The van der Waals surface area contributed by atoms with Crippen LogP contribution in [0.15, 0.2) is 41.3 Å². The second-order valence-electron chi connectivity index (χ2n) is 8.10. The summed E-state index contributed by atoms with van der Waals surface area (Å²) in [6.07, 6.45) is -3.83. The van der Waals surface area contributed by atoms with Crippen LogP contribution in [0.1, 0.15) is 27.9 Å². The lowest BCUT2D eigenvalue weighted by atomic mass is 10.1. The fraction of sp³-hybridized carbons (Fsp3) is 0.318. The normalized spacial score (nSPS) is 19.3. The molecule has 2 N–H and O–H groups in total. The zero-order chi connectivity index (χ0) is 25.5. The first-order valence-corrected chi connectivity index (χ1v) is 11.0. The summed E-state index contributed by atoms with van der Waals surface area (Å²) in [4.78, 5) is 14.5. The van der Waals surface area contributed by atoms with E-state index >= 15 is 0 Å². The Kier molecular flexibility index (Phi) is 6.82. The molecule has 0 aromatic heterocycles. The summed E-state index contributed by atoms with van der Waals surface area (Å²) in [7, 11) is 0. The highest BCUT2D eigenvalue weighted by Crippen LogP contribution is 2.40. The highest BCUT2D eigenvalue weighted by molar-refractivity contribution is 7.97. The van der Waals surface area contributed by atoms with Crippen LogP contribution in [0.5, 0.6) is 0 Å². The van der Waals surface area contributed by atoms with Crippen molar-refractivity contribution in [3.63, 3.8) is 0 Å². The summed E-state index contributed by atoms with van der Waals surface area (Å²) in [5.74, 6) is -7.57. The number of hydrogen-bond acceptors (Lipinski definition) is 6. The van der Waals surface area contributed by atoms with Gasteiger partial charge in [0.25, 0.3) is 17.7 Å². The van der Waals surface area contributed by atoms with Crippen molar-refractivity contribution in [3.8, 4) is 0 Å². The molecule has 2 heterocycles. The lowest BCUT2D eigenvalue weighted by molar-refractivity contribution is 0.0169. The molecule has 35 heavy (non-hydrogen) atoms. The van der Waals surface area contributed by atoms with Gasteiger partial charge in [0, 0.05) is 47.1 Å². The maximum Gasteiger partial charge on any atom is 0.312 e. The van der Waals surface area contributed by atoms with Gasteiger partial charge in [-0.1, -0.05) is 6.07 Å². The van der Waals surface area contributed by atoms with E-state index in [9.17, 15) is 31.1 Å². The molecule has 1 saturated heterocycles. The maximum atomic E-state index is 14.7. The van der Waals surface area contributed by atoms with Crippen LogP contribution in [0.25, 0.3) is 0 Å². The van der Waals surface area contributed by atoms with Crippen molar-refractivity contribution in [2.75, 3.05) is 13.1 Å². The van der Waals surface area contributed by atoms with Crippen LogP contribution in [0.3, 0.4) is 0 Å². The van der Waals surface area contributed by atoms with Crippen molar-refractivity contribution in [3.05, 3.63) is 64.7 Å². The van der Waals surface area contributed by atoms with Gasteiger partial charge in [0.15, 0.2) is 0 Å². The summed E-state index contributed by atoms with van der Waals surface area (Å²) >= 11 is 0.937. The molecule has 2 aliphatic rings. The Morgan fingerprint density at radius 2 is 1.94 bits per heavy atom. The minimum absolute atomic E-state index is 0.0235. The number of benzene rings is 2. The smallest absolute Gasteiger partial charge is 0.312 e. The predicted molar refractivity (Wildman–Crippen MR) is 115 cm³/mol. The molecule has 2 aromatic carbocycles. The number of alkyl halides is 4. The number of amides is 1. The number of carbonyl (C=O) groups is 1. The van der Waals surface area contributed by atoms with Crippen molar-refractivity contribution in [2.24, 2.45) is 0 Å². The largest absolute Gasteiger partial charge is 0.419 e. The molecule has 0 saturated carbocycles. The molecule has 0 spiro atoms. The number of nitrogens with one attached hydrogen (secondary N) is 2. The zero-order valence-electron chi connectivity index (χ0n) is 17.8. The second-order valence-corrected chi connectivity index (χ2v) is 9.23. The molecule has 13 heteroatoms. The third kappa shape index (κ3) is 5.45. The quantitative estimate of drug-likeness (QED) is 0.247. The van der Waals surface area contributed by atoms with Crippen molar-refractivity contribution >= 4 is 29.7 Å². The average Bonchev–Trinajstić information content (AvgIpc) is 3.23. The van der Waals surface area contributed by atoms with E-state index in [2.05, 4.69) is 4.74 Å². The fourth-order valence-corrected chi connectivity index (χ4v) is 5.08. The van der Waals surface area contributed by atoms with Gasteiger partial charge in [-0.25, -0.2) is 21.9 Å². The summed E-state index contributed by atoms with van der Waals surface area (Å²) < 4.78 is 87.4. The number of carbonyl (C=O) groups excluding carboxylic acids is 1. The topological polar surface area (TPSA) is 80.5 Å². The Labute approximate surface area is 200 Å². The highest BCUT2D eigenvalue weighted by atomic mass is 32.2. The van der Waals surface area contributed by atoms with E-state index in [4.69, 9.17) is 10.8 Å². The van der Waals surface area contributed by atoms with Crippen LogP contribution in [-0.2, 0) is 11.3 Å². The minimum Gasteiger partial charge on any atom is -0.419 e. The van der Waals surface area contributed by atoms with E-state index < -0.39 is 60.7 Å². The Balaban J connectivity index is 1.51. The lowest BCUT2D eigenvalue weighted by Gasteiger charge is -2.26. The molecular weight excluding hydrogens is 498 g/mol. The number of fused-ring (bicyclic) bond motifs is 1. The summed E-state index contributed by atoms with van der Waals surface area (Å²) in [5, 5.41) is 14.7. The van der Waals surface area contributed by atoms with E-state index in [0.717, 1.165) is 24.1 Å². The van der Waals surface area contributed by atoms with Crippen LogP contribution in [0, 0.1) is 22.5 Å². The van der Waals surface area contributed by atoms with E-state index in [1.807, 2.05) is 0 Å². The minimum atomic E-state index is -3.27. The van der Waals surface area contributed by atoms with Gasteiger partial charge < -0.3 is 9.64 Å². The molecule has 0 bridgehead atoms. The van der Waals surface area contributed by atoms with Gasteiger partial charge >= 0.3 is 6.43 Å². The molecule has 2 aliphatic heterocycles. The molecule has 6 nitrogen and oxygen atoms in total. The van der Waals surface area contributed by atoms with Gasteiger partial charge in [0.2, 0.25) is 5.90 Å². The summed E-state index contributed by atoms with van der Waals surface area (Å²) in [5.41, 5.74) is -0.492. The monoisotopic (exact) mass is 516 g/mol. The second kappa shape index (κ2) is 9.53. The van der Waals surface area contributed by atoms with Crippen molar-refractivity contribution in [2.45, 2.75) is 36.3 Å². The maximum absolute atomic E-state index is 14.7. The molecular formula is C22H18F6N4O2S. The molecule has 1 amide bonds. The van der Waals surface area contributed by atoms with Gasteiger partial charge in [-0.05, 0) is 42.3 Å². The average molecular weight is 516 g/mol. The van der Waals surface area contributed by atoms with Crippen molar-refractivity contribution < 1.29 is 35.9 Å². The lowest BCUT2D eigenvalue weighted by Crippen LogP contribution is -2.37. The third-order valence-corrected chi connectivity index (χ3v) is 6.64. The molecule has 4 rings (SSSR count). The molecule has 0 aliphatic carbocycles. The third-order valence-electron chi connectivity index (χ3n) is 5.51. The highest BCUT2D eigenvalue weighted by Gasteiger charge is 2.47. The molecule has 0 unspecified atom stereocenters. The first kappa shape index (κ1) is 25.0. The zero-order valence-corrected chi connectivity index (χ0v) is 18.7. The Morgan fingerprint density at radius 3 is 2.63 bits per heavy atom. The van der Waals surface area contributed by atoms with Crippen LogP contribution >= 0.6 is 11.9 Å². The summed E-state index contributed by atoms with van der Waals surface area (Å²) in [6.45, 7) is -0.983. The van der Waals surface area contributed by atoms with E-state index in [1.54, 1.807) is 6.07 Å². The Bertz CT molecular complexity index is 1190. The number of hydrogen-bond donors (Lipinski definition) is 2. The molecule has 1 fully saturated rings. The van der Waals surface area contributed by atoms with Crippen molar-refractivity contribution in [1.82, 2.24) is 9.21 Å². The van der Waals surface area contributed by atoms with E-state index in [1.165, 1.54) is 27.4 Å². The number of halogens is 6. The van der Waals surface area contributed by atoms with Crippen LogP contribution < -0.4 is 0 Å². The standard InChI is InChI=1S/C22H18F6N4O2S/c23-12-2-1-3-14(6-12)35-32-10-22(27,28)7-13(32)8-31-9-16-15(21(31)33)4-11(5-17(16)24)19(29)34-20(30)18(25)26/h1-6,13,18,29-30H,7-10H2/t13-/m0/s1. The van der Waals surface area contributed by atoms with Gasteiger partial charge in [0.05, 0.1) is 6.54 Å². The van der Waals surface area contributed by atoms with Crippen LogP contribution in [0.4, 0.5) is 26.3 Å². The van der Waals surface area contributed by atoms with Gasteiger partial charge in [-0.15, -0.1) is 0 Å². The Hall–Kier alpha value is -3.06. The summed E-state index contributed by atoms with van der Waals surface area (Å²) in [6, 6.07) is 6.55.